The summed E-state index contributed by atoms with van der Waals surface area (Å²) in [5.74, 6) is 0.205. The Hall–Kier alpha value is -3.75. The highest BCUT2D eigenvalue weighted by atomic mass is 16.5. The fraction of sp³-hybridized carbons (Fsp3) is 0.423. The molecule has 4 amide bonds. The van der Waals surface area contributed by atoms with Crippen molar-refractivity contribution in [2.24, 2.45) is 0 Å². The monoisotopic (exact) mass is 478 g/mol. The number of anilines is 2. The molecule has 3 aliphatic heterocycles. The van der Waals surface area contributed by atoms with Gasteiger partial charge in [0.05, 0.1) is 13.2 Å². The number of imide groups is 1. The topological polar surface area (TPSA) is 100 Å². The molecule has 9 nitrogen and oxygen atoms in total. The van der Waals surface area contributed by atoms with Crippen LogP contribution in [-0.2, 0) is 15.1 Å². The standard InChI is InChI=1S/C26H30N4O5/c1-26(18-6-11-21-22(16-18)35-15-5-14-34-21)24(32)30(25(33)28-26)17-23(31)27-19-7-9-20(10-8-19)29-12-3-2-4-13-29/h6-11,16H,2-5,12-15,17H2,1H3,(H,27,31)(H,28,33)/t26-/m0/s1. The number of nitrogens with zero attached hydrogens (tertiary/aromatic N) is 2. The highest BCUT2D eigenvalue weighted by Gasteiger charge is 2.49. The van der Waals surface area contributed by atoms with Gasteiger partial charge in [0.1, 0.15) is 12.1 Å². The van der Waals surface area contributed by atoms with E-state index in [-0.39, 0.29) is 6.54 Å². The third-order valence-electron chi connectivity index (χ3n) is 6.77. The Morgan fingerprint density at radius 3 is 2.43 bits per heavy atom. The fourth-order valence-electron chi connectivity index (χ4n) is 4.76. The Bertz CT molecular complexity index is 1130. The average molecular weight is 479 g/mol. The predicted molar refractivity (Wildman–Crippen MR) is 131 cm³/mol. The zero-order chi connectivity index (χ0) is 24.4. The third kappa shape index (κ3) is 4.62. The molecule has 0 radical (unpaired) electrons. The first-order valence-corrected chi connectivity index (χ1v) is 12.1. The van der Waals surface area contributed by atoms with Crippen molar-refractivity contribution in [3.05, 3.63) is 48.0 Å². The number of rotatable bonds is 5. The highest BCUT2D eigenvalue weighted by molar-refractivity contribution is 6.10. The zero-order valence-electron chi connectivity index (χ0n) is 19.8. The molecule has 9 heteroatoms. The van der Waals surface area contributed by atoms with Crippen molar-refractivity contribution >= 4 is 29.2 Å². The number of carbonyl (C=O) groups is 3. The molecule has 0 aromatic heterocycles. The largest absolute Gasteiger partial charge is 0.490 e. The number of amides is 4. The maximum absolute atomic E-state index is 13.3. The smallest absolute Gasteiger partial charge is 0.325 e. The number of carbonyl (C=O) groups excluding carboxylic acids is 3. The minimum Gasteiger partial charge on any atom is -0.490 e. The van der Waals surface area contributed by atoms with E-state index in [0.717, 1.165) is 30.1 Å². The van der Waals surface area contributed by atoms with E-state index in [1.165, 1.54) is 19.3 Å². The molecule has 2 aromatic rings. The van der Waals surface area contributed by atoms with Crippen LogP contribution in [0.4, 0.5) is 16.2 Å². The number of benzene rings is 2. The number of piperidine rings is 1. The highest BCUT2D eigenvalue weighted by Crippen LogP contribution is 2.36. The summed E-state index contributed by atoms with van der Waals surface area (Å²) in [6.07, 6.45) is 4.41. The first-order valence-electron chi connectivity index (χ1n) is 12.1. The number of hydrogen-bond donors (Lipinski definition) is 2. The molecule has 0 bridgehead atoms. The third-order valence-corrected chi connectivity index (χ3v) is 6.77. The second-order valence-corrected chi connectivity index (χ2v) is 9.30. The van der Waals surface area contributed by atoms with Crippen LogP contribution >= 0.6 is 0 Å². The summed E-state index contributed by atoms with van der Waals surface area (Å²) in [4.78, 5) is 41.9. The Balaban J connectivity index is 1.24. The Labute approximate surface area is 204 Å². The number of nitrogens with one attached hydrogen (secondary N) is 2. The Kier molecular flexibility index (Phi) is 6.23. The molecular weight excluding hydrogens is 448 g/mol. The second-order valence-electron chi connectivity index (χ2n) is 9.30. The van der Waals surface area contributed by atoms with Crippen LogP contribution in [0, 0.1) is 0 Å². The van der Waals surface area contributed by atoms with E-state index in [4.69, 9.17) is 9.47 Å². The van der Waals surface area contributed by atoms with Crippen molar-refractivity contribution in [3.8, 4) is 11.5 Å². The van der Waals surface area contributed by atoms with Gasteiger partial charge in [0.15, 0.2) is 11.5 Å². The van der Waals surface area contributed by atoms with E-state index in [9.17, 15) is 14.4 Å². The van der Waals surface area contributed by atoms with Gasteiger partial charge in [-0.2, -0.15) is 0 Å². The van der Waals surface area contributed by atoms with E-state index in [2.05, 4.69) is 15.5 Å². The van der Waals surface area contributed by atoms with Crippen molar-refractivity contribution in [1.82, 2.24) is 10.2 Å². The predicted octanol–water partition coefficient (Wildman–Crippen LogP) is 3.24. The van der Waals surface area contributed by atoms with Gasteiger partial charge in [0, 0.05) is 30.9 Å². The van der Waals surface area contributed by atoms with E-state index < -0.39 is 23.4 Å². The summed E-state index contributed by atoms with van der Waals surface area (Å²) in [5.41, 5.74) is 1.01. The molecule has 35 heavy (non-hydrogen) atoms. The van der Waals surface area contributed by atoms with E-state index in [0.29, 0.717) is 36.0 Å². The summed E-state index contributed by atoms with van der Waals surface area (Å²) in [5, 5.41) is 5.52. The Morgan fingerprint density at radius 2 is 1.69 bits per heavy atom. The van der Waals surface area contributed by atoms with E-state index >= 15 is 0 Å². The van der Waals surface area contributed by atoms with Crippen LogP contribution in [0.25, 0.3) is 0 Å². The van der Waals surface area contributed by atoms with E-state index in [1.54, 1.807) is 25.1 Å². The van der Waals surface area contributed by atoms with Crippen LogP contribution in [0.3, 0.4) is 0 Å². The second kappa shape index (κ2) is 9.48. The maximum Gasteiger partial charge on any atom is 0.325 e. The first kappa shape index (κ1) is 23.0. The van der Waals surface area contributed by atoms with Gasteiger partial charge in [0.2, 0.25) is 5.91 Å². The van der Waals surface area contributed by atoms with E-state index in [1.807, 2.05) is 24.3 Å². The lowest BCUT2D eigenvalue weighted by molar-refractivity contribution is -0.133. The lowest BCUT2D eigenvalue weighted by Crippen LogP contribution is -2.42. The maximum atomic E-state index is 13.3. The van der Waals surface area contributed by atoms with Crippen LogP contribution in [-0.4, -0.2) is 55.6 Å². The molecule has 2 saturated heterocycles. The molecule has 3 aliphatic rings. The summed E-state index contributed by atoms with van der Waals surface area (Å²) in [6.45, 7) is 4.41. The number of ether oxygens (including phenoxy) is 2. The van der Waals surface area contributed by atoms with Gasteiger partial charge in [-0.25, -0.2) is 4.79 Å². The molecule has 2 fully saturated rings. The average Bonchev–Trinajstić information content (AvgIpc) is 3.03. The van der Waals surface area contributed by atoms with Crippen molar-refractivity contribution in [2.45, 2.75) is 38.1 Å². The first-order chi connectivity index (χ1) is 16.9. The molecule has 1 atom stereocenters. The number of urea groups is 1. The molecular formula is C26H30N4O5. The molecule has 3 heterocycles. The van der Waals surface area contributed by atoms with Crippen LogP contribution in [0.1, 0.15) is 38.2 Å². The van der Waals surface area contributed by atoms with Crippen LogP contribution in [0.5, 0.6) is 11.5 Å². The molecule has 5 rings (SSSR count). The van der Waals surface area contributed by atoms with Gasteiger partial charge < -0.3 is 25.0 Å². The van der Waals surface area contributed by atoms with Gasteiger partial charge in [-0.3, -0.25) is 14.5 Å². The van der Waals surface area contributed by atoms with Gasteiger partial charge in [-0.05, 0) is 68.1 Å². The van der Waals surface area contributed by atoms with Gasteiger partial charge >= 0.3 is 6.03 Å². The molecule has 184 valence electrons. The van der Waals surface area contributed by atoms with Crippen LogP contribution < -0.4 is 25.0 Å². The van der Waals surface area contributed by atoms with Gasteiger partial charge in [0.25, 0.3) is 5.91 Å². The Morgan fingerprint density at radius 1 is 0.971 bits per heavy atom. The van der Waals surface area contributed by atoms with Crippen molar-refractivity contribution < 1.29 is 23.9 Å². The molecule has 2 N–H and O–H groups in total. The fourth-order valence-corrected chi connectivity index (χ4v) is 4.76. The lowest BCUT2D eigenvalue weighted by atomic mass is 9.91. The molecule has 0 saturated carbocycles. The minimum atomic E-state index is -1.31. The van der Waals surface area contributed by atoms with Crippen molar-refractivity contribution in [1.29, 1.82) is 0 Å². The van der Waals surface area contributed by atoms with Crippen LogP contribution in [0.2, 0.25) is 0 Å². The zero-order valence-corrected chi connectivity index (χ0v) is 19.8. The SMILES string of the molecule is C[C@@]1(c2ccc3c(c2)OCCCO3)NC(=O)N(CC(=O)Nc2ccc(N3CCCCC3)cc2)C1=O. The van der Waals surface area contributed by atoms with Gasteiger partial charge in [-0.1, -0.05) is 6.07 Å². The van der Waals surface area contributed by atoms with Crippen molar-refractivity contribution in [2.75, 3.05) is 43.1 Å². The molecule has 0 spiro atoms. The lowest BCUT2D eigenvalue weighted by Gasteiger charge is -2.28. The summed E-state index contributed by atoms with van der Waals surface area (Å²) >= 11 is 0. The summed E-state index contributed by atoms with van der Waals surface area (Å²) in [6, 6.07) is 12.2. The quantitative estimate of drug-likeness (QED) is 0.640. The molecule has 2 aromatic carbocycles. The summed E-state index contributed by atoms with van der Waals surface area (Å²) in [7, 11) is 0. The van der Waals surface area contributed by atoms with Crippen LogP contribution in [0.15, 0.2) is 42.5 Å². The number of fused-ring (bicyclic) bond motifs is 1. The minimum absolute atomic E-state index is 0.376. The van der Waals surface area contributed by atoms with Crippen molar-refractivity contribution in [3.63, 3.8) is 0 Å². The van der Waals surface area contributed by atoms with Gasteiger partial charge in [-0.15, -0.1) is 0 Å². The normalized spacial score (nSPS) is 22.0. The molecule has 0 aliphatic carbocycles. The number of hydrogen-bond acceptors (Lipinski definition) is 6. The molecule has 0 unspecified atom stereocenters. The summed E-state index contributed by atoms with van der Waals surface area (Å²) < 4.78 is 11.4.